The predicted molar refractivity (Wildman–Crippen MR) is 79.3 cm³/mol. The van der Waals surface area contributed by atoms with Crippen molar-refractivity contribution in [3.8, 4) is 5.75 Å². The van der Waals surface area contributed by atoms with Crippen molar-refractivity contribution in [2.24, 2.45) is 5.92 Å². The highest BCUT2D eigenvalue weighted by molar-refractivity contribution is 5.92. The first kappa shape index (κ1) is 14.4. The maximum atomic E-state index is 12.6. The SMILES string of the molecule is COc1ccccc1C1(C(=O)NCC2CNCC2O)CC1. The first-order chi connectivity index (χ1) is 10.2. The third kappa shape index (κ3) is 2.63. The minimum atomic E-state index is -0.441. The zero-order chi connectivity index (χ0) is 14.9. The second kappa shape index (κ2) is 5.66. The largest absolute Gasteiger partial charge is 0.496 e. The Bertz CT molecular complexity index is 528. The van der Waals surface area contributed by atoms with Gasteiger partial charge in [-0.1, -0.05) is 18.2 Å². The van der Waals surface area contributed by atoms with Gasteiger partial charge in [0, 0.05) is 31.1 Å². The van der Waals surface area contributed by atoms with Gasteiger partial charge in [0.15, 0.2) is 0 Å². The van der Waals surface area contributed by atoms with E-state index in [1.54, 1.807) is 7.11 Å². The number of aliphatic hydroxyl groups excluding tert-OH is 1. The lowest BCUT2D eigenvalue weighted by Crippen LogP contribution is -2.40. The molecule has 1 heterocycles. The highest BCUT2D eigenvalue weighted by Gasteiger charge is 2.52. The molecule has 1 aliphatic heterocycles. The third-order valence-corrected chi connectivity index (χ3v) is 4.64. The number of carbonyl (C=O) groups is 1. The van der Waals surface area contributed by atoms with E-state index in [9.17, 15) is 9.90 Å². The molecule has 0 spiro atoms. The van der Waals surface area contributed by atoms with Gasteiger partial charge in [-0.2, -0.15) is 0 Å². The number of hydrogen-bond donors (Lipinski definition) is 3. The van der Waals surface area contributed by atoms with Crippen molar-refractivity contribution in [2.45, 2.75) is 24.4 Å². The second-order valence-corrected chi connectivity index (χ2v) is 5.98. The van der Waals surface area contributed by atoms with Crippen molar-refractivity contribution in [1.82, 2.24) is 10.6 Å². The summed E-state index contributed by atoms with van der Waals surface area (Å²) in [7, 11) is 1.63. The number of hydrogen-bond acceptors (Lipinski definition) is 4. The fraction of sp³-hybridized carbons (Fsp3) is 0.562. The fourth-order valence-corrected chi connectivity index (χ4v) is 3.10. The molecular weight excluding hydrogens is 268 g/mol. The lowest BCUT2D eigenvalue weighted by Gasteiger charge is -2.20. The number of carbonyl (C=O) groups excluding carboxylic acids is 1. The first-order valence-electron chi connectivity index (χ1n) is 7.48. The quantitative estimate of drug-likeness (QED) is 0.735. The van der Waals surface area contributed by atoms with E-state index in [0.29, 0.717) is 13.1 Å². The first-order valence-corrected chi connectivity index (χ1v) is 7.48. The third-order valence-electron chi connectivity index (χ3n) is 4.64. The Balaban J connectivity index is 1.69. The van der Waals surface area contributed by atoms with Crippen LogP contribution in [0.4, 0.5) is 0 Å². The zero-order valence-corrected chi connectivity index (χ0v) is 12.3. The van der Waals surface area contributed by atoms with Crippen LogP contribution in [0.5, 0.6) is 5.75 Å². The number of para-hydroxylation sites is 1. The number of benzene rings is 1. The number of aliphatic hydroxyl groups is 1. The van der Waals surface area contributed by atoms with Crippen molar-refractivity contribution in [2.75, 3.05) is 26.7 Å². The molecule has 3 N–H and O–H groups in total. The van der Waals surface area contributed by atoms with Crippen LogP contribution in [0.2, 0.25) is 0 Å². The monoisotopic (exact) mass is 290 g/mol. The van der Waals surface area contributed by atoms with Crippen molar-refractivity contribution in [3.05, 3.63) is 29.8 Å². The van der Waals surface area contributed by atoms with Crippen molar-refractivity contribution in [3.63, 3.8) is 0 Å². The molecule has 1 aromatic rings. The molecule has 1 aliphatic carbocycles. The maximum Gasteiger partial charge on any atom is 0.230 e. The summed E-state index contributed by atoms with van der Waals surface area (Å²) in [6, 6.07) is 7.72. The highest BCUT2D eigenvalue weighted by Crippen LogP contribution is 2.51. The molecule has 3 rings (SSSR count). The van der Waals surface area contributed by atoms with Gasteiger partial charge in [-0.05, 0) is 18.9 Å². The normalized spacial score (nSPS) is 26.4. The number of amides is 1. The number of β-amino-alcohol motifs (C(OH)–C–C–N with tert-alkyl or cyclic N) is 1. The number of rotatable bonds is 5. The number of nitrogens with one attached hydrogen (secondary N) is 2. The van der Waals surface area contributed by atoms with E-state index < -0.39 is 5.41 Å². The Labute approximate surface area is 124 Å². The highest BCUT2D eigenvalue weighted by atomic mass is 16.5. The summed E-state index contributed by atoms with van der Waals surface area (Å²) in [5, 5.41) is 15.9. The Morgan fingerprint density at radius 3 is 2.81 bits per heavy atom. The summed E-state index contributed by atoms with van der Waals surface area (Å²) in [4.78, 5) is 12.6. The van der Waals surface area contributed by atoms with Crippen LogP contribution in [-0.4, -0.2) is 43.9 Å². The second-order valence-electron chi connectivity index (χ2n) is 5.98. The molecule has 2 unspecified atom stereocenters. The molecule has 0 aromatic heterocycles. The molecule has 0 bridgehead atoms. The summed E-state index contributed by atoms with van der Waals surface area (Å²) in [5.74, 6) is 0.918. The summed E-state index contributed by atoms with van der Waals surface area (Å²) in [6.07, 6.45) is 1.33. The number of methoxy groups -OCH3 is 1. The molecule has 21 heavy (non-hydrogen) atoms. The standard InChI is InChI=1S/C16H22N2O3/c1-21-14-5-3-2-4-12(14)16(6-7-16)15(20)18-9-11-8-17-10-13(11)19/h2-5,11,13,17,19H,6-10H2,1H3,(H,18,20). The zero-order valence-electron chi connectivity index (χ0n) is 12.3. The Hall–Kier alpha value is -1.59. The Kier molecular flexibility index (Phi) is 3.87. The number of ether oxygens (including phenoxy) is 1. The summed E-state index contributed by atoms with van der Waals surface area (Å²) in [5.41, 5.74) is 0.527. The molecule has 2 atom stereocenters. The molecular formula is C16H22N2O3. The van der Waals surface area contributed by atoms with E-state index in [1.807, 2.05) is 24.3 Å². The van der Waals surface area contributed by atoms with Crippen LogP contribution >= 0.6 is 0 Å². The van der Waals surface area contributed by atoms with E-state index in [0.717, 1.165) is 30.7 Å². The lowest BCUT2D eigenvalue weighted by atomic mass is 9.93. The van der Waals surface area contributed by atoms with E-state index in [-0.39, 0.29) is 17.9 Å². The van der Waals surface area contributed by atoms with Gasteiger partial charge in [0.1, 0.15) is 5.75 Å². The van der Waals surface area contributed by atoms with Gasteiger partial charge in [-0.25, -0.2) is 0 Å². The average Bonchev–Trinajstić information content (AvgIpc) is 3.22. The predicted octanol–water partition coefficient (Wildman–Crippen LogP) is 0.423. The Morgan fingerprint density at radius 1 is 1.43 bits per heavy atom. The summed E-state index contributed by atoms with van der Waals surface area (Å²) >= 11 is 0. The molecule has 1 amide bonds. The lowest BCUT2D eigenvalue weighted by molar-refractivity contribution is -0.123. The van der Waals surface area contributed by atoms with E-state index in [4.69, 9.17) is 4.74 Å². The molecule has 2 fully saturated rings. The topological polar surface area (TPSA) is 70.6 Å². The van der Waals surface area contributed by atoms with Gasteiger partial charge >= 0.3 is 0 Å². The molecule has 5 nitrogen and oxygen atoms in total. The van der Waals surface area contributed by atoms with Gasteiger partial charge in [-0.15, -0.1) is 0 Å². The molecule has 1 saturated carbocycles. The van der Waals surface area contributed by atoms with Gasteiger partial charge < -0.3 is 20.5 Å². The maximum absolute atomic E-state index is 12.6. The van der Waals surface area contributed by atoms with Crippen LogP contribution in [0.25, 0.3) is 0 Å². The Morgan fingerprint density at radius 2 is 2.19 bits per heavy atom. The van der Waals surface area contributed by atoms with Gasteiger partial charge in [0.2, 0.25) is 5.91 Å². The van der Waals surface area contributed by atoms with Gasteiger partial charge in [-0.3, -0.25) is 4.79 Å². The van der Waals surface area contributed by atoms with Crippen molar-refractivity contribution >= 4 is 5.91 Å². The van der Waals surface area contributed by atoms with Crippen LogP contribution in [-0.2, 0) is 10.2 Å². The molecule has 2 aliphatic rings. The minimum Gasteiger partial charge on any atom is -0.496 e. The van der Waals surface area contributed by atoms with Gasteiger partial charge in [0.25, 0.3) is 0 Å². The molecule has 0 radical (unpaired) electrons. The minimum absolute atomic E-state index is 0.0473. The van der Waals surface area contributed by atoms with Crippen LogP contribution in [0.3, 0.4) is 0 Å². The summed E-state index contributed by atoms with van der Waals surface area (Å²) in [6.45, 7) is 1.88. The summed E-state index contributed by atoms with van der Waals surface area (Å²) < 4.78 is 5.39. The van der Waals surface area contributed by atoms with E-state index in [1.165, 1.54) is 0 Å². The van der Waals surface area contributed by atoms with E-state index in [2.05, 4.69) is 10.6 Å². The van der Waals surface area contributed by atoms with Gasteiger partial charge in [0.05, 0.1) is 18.6 Å². The van der Waals surface area contributed by atoms with E-state index >= 15 is 0 Å². The molecule has 1 saturated heterocycles. The van der Waals surface area contributed by atoms with Crippen molar-refractivity contribution < 1.29 is 14.6 Å². The smallest absolute Gasteiger partial charge is 0.230 e. The molecule has 114 valence electrons. The fourth-order valence-electron chi connectivity index (χ4n) is 3.10. The van der Waals surface area contributed by atoms with Crippen LogP contribution in [0, 0.1) is 5.92 Å². The molecule has 5 heteroatoms. The van der Waals surface area contributed by atoms with Crippen LogP contribution in [0.1, 0.15) is 18.4 Å². The van der Waals surface area contributed by atoms with Crippen molar-refractivity contribution in [1.29, 1.82) is 0 Å². The van der Waals surface area contributed by atoms with Crippen LogP contribution < -0.4 is 15.4 Å². The average molecular weight is 290 g/mol. The van der Waals surface area contributed by atoms with Crippen LogP contribution in [0.15, 0.2) is 24.3 Å². The molecule has 1 aromatic carbocycles.